The summed E-state index contributed by atoms with van der Waals surface area (Å²) in [6, 6.07) is 11.4. The highest BCUT2D eigenvalue weighted by Crippen LogP contribution is 2.11. The molecular formula is C18H17FN4O2. The number of anilines is 2. The molecule has 0 fully saturated rings. The van der Waals surface area contributed by atoms with Gasteiger partial charge in [0, 0.05) is 12.6 Å². The first-order valence-corrected chi connectivity index (χ1v) is 7.79. The average Bonchev–Trinajstić information content (AvgIpc) is 3.02. The molecule has 0 aliphatic rings. The molecule has 0 bridgehead atoms. The van der Waals surface area contributed by atoms with Gasteiger partial charge in [0.1, 0.15) is 17.3 Å². The van der Waals surface area contributed by atoms with Gasteiger partial charge in [-0.1, -0.05) is 17.3 Å². The Bertz CT molecular complexity index is 844. The van der Waals surface area contributed by atoms with Crippen LogP contribution in [0.1, 0.15) is 21.8 Å². The van der Waals surface area contributed by atoms with Crippen molar-refractivity contribution in [1.82, 2.24) is 10.1 Å². The molecular weight excluding hydrogens is 323 g/mol. The maximum absolute atomic E-state index is 12.8. The van der Waals surface area contributed by atoms with Crippen LogP contribution in [-0.4, -0.2) is 22.6 Å². The number of halogens is 1. The highest BCUT2D eigenvalue weighted by molar-refractivity contribution is 6.02. The largest absolute Gasteiger partial charge is 0.383 e. The zero-order valence-electron chi connectivity index (χ0n) is 13.6. The van der Waals surface area contributed by atoms with Gasteiger partial charge < -0.3 is 15.2 Å². The Morgan fingerprint density at radius 2 is 2.00 bits per heavy atom. The summed E-state index contributed by atoms with van der Waals surface area (Å²) < 4.78 is 17.7. The third-order valence-corrected chi connectivity index (χ3v) is 3.52. The van der Waals surface area contributed by atoms with Crippen molar-refractivity contribution in [3.8, 4) is 0 Å². The zero-order valence-corrected chi connectivity index (χ0v) is 13.6. The lowest BCUT2D eigenvalue weighted by atomic mass is 10.1. The van der Waals surface area contributed by atoms with Crippen LogP contribution in [0, 0.1) is 12.7 Å². The van der Waals surface area contributed by atoms with E-state index in [4.69, 9.17) is 4.52 Å². The standard InChI is InChI=1S/C18H17FN4O2/c1-12-10-17(23-25-12)22-18(24)16-7-6-15(11-21-16)20-9-8-13-2-4-14(19)5-3-13/h2-7,10-11,20H,8-9H2,1H3,(H,22,23,24). The SMILES string of the molecule is Cc1cc(NC(=O)c2ccc(NCCc3ccc(F)cc3)cn2)no1. The molecule has 6 nitrogen and oxygen atoms in total. The Hall–Kier alpha value is -3.22. The fraction of sp³-hybridized carbons (Fsp3) is 0.167. The summed E-state index contributed by atoms with van der Waals surface area (Å²) in [5.41, 5.74) is 2.13. The highest BCUT2D eigenvalue weighted by Gasteiger charge is 2.10. The fourth-order valence-electron chi connectivity index (χ4n) is 2.24. The Labute approximate surface area is 144 Å². The van der Waals surface area contributed by atoms with Crippen LogP contribution in [0.15, 0.2) is 53.2 Å². The molecule has 2 heterocycles. The van der Waals surface area contributed by atoms with Crippen LogP contribution in [0.25, 0.3) is 0 Å². The number of aryl methyl sites for hydroxylation is 1. The number of hydrogen-bond donors (Lipinski definition) is 2. The Balaban J connectivity index is 1.51. The van der Waals surface area contributed by atoms with Crippen LogP contribution < -0.4 is 10.6 Å². The summed E-state index contributed by atoms with van der Waals surface area (Å²) in [6.45, 7) is 2.42. The lowest BCUT2D eigenvalue weighted by Gasteiger charge is -2.07. The summed E-state index contributed by atoms with van der Waals surface area (Å²) in [5, 5.41) is 9.52. The predicted octanol–water partition coefficient (Wildman–Crippen LogP) is 3.42. The minimum absolute atomic E-state index is 0.240. The van der Waals surface area contributed by atoms with Gasteiger partial charge in [0.2, 0.25) is 0 Å². The maximum atomic E-state index is 12.8. The quantitative estimate of drug-likeness (QED) is 0.719. The van der Waals surface area contributed by atoms with Gasteiger partial charge in [0.25, 0.3) is 5.91 Å². The molecule has 25 heavy (non-hydrogen) atoms. The van der Waals surface area contributed by atoms with Gasteiger partial charge in [0.05, 0.1) is 11.9 Å². The molecule has 7 heteroatoms. The van der Waals surface area contributed by atoms with Crippen LogP contribution >= 0.6 is 0 Å². The van der Waals surface area contributed by atoms with Crippen LogP contribution in [0.2, 0.25) is 0 Å². The van der Waals surface area contributed by atoms with E-state index in [0.717, 1.165) is 17.7 Å². The number of benzene rings is 1. The van der Waals surface area contributed by atoms with Gasteiger partial charge in [-0.3, -0.25) is 4.79 Å². The second-order valence-electron chi connectivity index (χ2n) is 5.51. The molecule has 0 radical (unpaired) electrons. The maximum Gasteiger partial charge on any atom is 0.275 e. The van der Waals surface area contributed by atoms with Crippen molar-refractivity contribution in [2.45, 2.75) is 13.3 Å². The number of carbonyl (C=O) groups is 1. The van der Waals surface area contributed by atoms with Crippen molar-refractivity contribution < 1.29 is 13.7 Å². The predicted molar refractivity (Wildman–Crippen MR) is 92.0 cm³/mol. The summed E-state index contributed by atoms with van der Waals surface area (Å²) in [7, 11) is 0. The van der Waals surface area contributed by atoms with Crippen molar-refractivity contribution >= 4 is 17.4 Å². The zero-order chi connectivity index (χ0) is 17.6. The smallest absolute Gasteiger partial charge is 0.275 e. The summed E-state index contributed by atoms with van der Waals surface area (Å²) in [5.74, 6) is 0.372. The lowest BCUT2D eigenvalue weighted by Crippen LogP contribution is -2.14. The molecule has 0 saturated heterocycles. The van der Waals surface area contributed by atoms with Crippen molar-refractivity contribution in [2.24, 2.45) is 0 Å². The number of hydrogen-bond acceptors (Lipinski definition) is 5. The highest BCUT2D eigenvalue weighted by atomic mass is 19.1. The molecule has 2 N–H and O–H groups in total. The van der Waals surface area contributed by atoms with E-state index >= 15 is 0 Å². The van der Waals surface area contributed by atoms with Crippen LogP contribution in [0.4, 0.5) is 15.9 Å². The Kier molecular flexibility index (Phi) is 5.03. The van der Waals surface area contributed by atoms with Gasteiger partial charge in [-0.15, -0.1) is 0 Å². The lowest BCUT2D eigenvalue weighted by molar-refractivity contribution is 0.102. The Morgan fingerprint density at radius 3 is 2.64 bits per heavy atom. The van der Waals surface area contributed by atoms with E-state index < -0.39 is 0 Å². The number of nitrogens with zero attached hydrogens (tertiary/aromatic N) is 2. The third-order valence-electron chi connectivity index (χ3n) is 3.52. The van der Waals surface area contributed by atoms with Crippen molar-refractivity contribution in [3.63, 3.8) is 0 Å². The molecule has 1 aromatic carbocycles. The number of nitrogens with one attached hydrogen (secondary N) is 2. The average molecular weight is 340 g/mol. The van der Waals surface area contributed by atoms with Crippen molar-refractivity contribution in [3.05, 3.63) is 71.5 Å². The minimum Gasteiger partial charge on any atom is -0.383 e. The van der Waals surface area contributed by atoms with Crippen molar-refractivity contribution in [1.29, 1.82) is 0 Å². The van der Waals surface area contributed by atoms with Gasteiger partial charge >= 0.3 is 0 Å². The minimum atomic E-state index is -0.355. The molecule has 0 aliphatic heterocycles. The van der Waals surface area contributed by atoms with Gasteiger partial charge in [-0.05, 0) is 43.2 Å². The Morgan fingerprint density at radius 1 is 1.20 bits per heavy atom. The van der Waals surface area contributed by atoms with E-state index in [1.54, 1.807) is 43.5 Å². The normalized spacial score (nSPS) is 10.5. The first kappa shape index (κ1) is 16.6. The number of aromatic nitrogens is 2. The van der Waals surface area contributed by atoms with Gasteiger partial charge in [0.15, 0.2) is 5.82 Å². The molecule has 0 unspecified atom stereocenters. The molecule has 0 aliphatic carbocycles. The van der Waals surface area contributed by atoms with E-state index in [0.29, 0.717) is 18.1 Å². The molecule has 128 valence electrons. The number of rotatable bonds is 6. The van der Waals surface area contributed by atoms with Crippen LogP contribution in [-0.2, 0) is 6.42 Å². The second kappa shape index (κ2) is 7.57. The molecule has 3 rings (SSSR count). The first-order valence-electron chi connectivity index (χ1n) is 7.79. The van der Waals surface area contributed by atoms with Gasteiger partial charge in [-0.2, -0.15) is 0 Å². The number of pyridine rings is 1. The molecule has 2 aromatic heterocycles. The molecule has 0 saturated carbocycles. The topological polar surface area (TPSA) is 80.0 Å². The molecule has 0 atom stereocenters. The second-order valence-corrected chi connectivity index (χ2v) is 5.51. The summed E-state index contributed by atoms with van der Waals surface area (Å²) in [6.07, 6.45) is 2.35. The number of carbonyl (C=O) groups excluding carboxylic acids is 1. The van der Waals surface area contributed by atoms with Crippen LogP contribution in [0.3, 0.4) is 0 Å². The monoisotopic (exact) mass is 340 g/mol. The summed E-state index contributed by atoms with van der Waals surface area (Å²) >= 11 is 0. The molecule has 0 spiro atoms. The first-order chi connectivity index (χ1) is 12.1. The van der Waals surface area contributed by atoms with E-state index in [-0.39, 0.29) is 17.4 Å². The third kappa shape index (κ3) is 4.63. The molecule has 3 aromatic rings. The summed E-state index contributed by atoms with van der Waals surface area (Å²) in [4.78, 5) is 16.2. The van der Waals surface area contributed by atoms with E-state index in [1.807, 2.05) is 0 Å². The van der Waals surface area contributed by atoms with Crippen molar-refractivity contribution in [2.75, 3.05) is 17.2 Å². The number of amides is 1. The van der Waals surface area contributed by atoms with Crippen LogP contribution in [0.5, 0.6) is 0 Å². The fourth-order valence-corrected chi connectivity index (χ4v) is 2.24. The molecule has 1 amide bonds. The van der Waals surface area contributed by atoms with E-state index in [2.05, 4.69) is 20.8 Å². The van der Waals surface area contributed by atoms with E-state index in [9.17, 15) is 9.18 Å². The van der Waals surface area contributed by atoms with E-state index in [1.165, 1.54) is 12.1 Å². The van der Waals surface area contributed by atoms with Gasteiger partial charge in [-0.25, -0.2) is 9.37 Å².